The van der Waals surface area contributed by atoms with Crippen LogP contribution in [0.2, 0.25) is 0 Å². The molecular formula is C16H14F3N5. The number of hydrogen-bond donors (Lipinski definition) is 1. The van der Waals surface area contributed by atoms with Crippen molar-refractivity contribution in [3.63, 3.8) is 0 Å². The van der Waals surface area contributed by atoms with E-state index in [9.17, 15) is 13.2 Å². The summed E-state index contributed by atoms with van der Waals surface area (Å²) in [5.41, 5.74) is 1.08. The molecule has 1 aliphatic rings. The van der Waals surface area contributed by atoms with Gasteiger partial charge in [-0.15, -0.1) is 15.3 Å². The van der Waals surface area contributed by atoms with Crippen LogP contribution in [0.25, 0.3) is 5.65 Å². The Labute approximate surface area is 135 Å². The second-order valence-corrected chi connectivity index (χ2v) is 5.99. The van der Waals surface area contributed by atoms with Gasteiger partial charge >= 0.3 is 0 Å². The molecule has 2 aromatic heterocycles. The van der Waals surface area contributed by atoms with Crippen molar-refractivity contribution in [2.24, 2.45) is 0 Å². The number of aromatic nitrogens is 4. The molecule has 1 saturated carbocycles. The topological polar surface area (TPSA) is 55.1 Å². The first-order valence-electron chi connectivity index (χ1n) is 7.58. The standard InChI is InChI=1S/C16H14F3N5/c17-11-3-1-2-10(8-11)16(6-7-16)9-20-12-4-5-13-21-22-15(14(18)19)24(13)23-12/h1-5,8,14H,6-7,9H2,(H,20,23). The monoisotopic (exact) mass is 333 g/mol. The molecule has 1 N–H and O–H groups in total. The summed E-state index contributed by atoms with van der Waals surface area (Å²) in [4.78, 5) is 0. The van der Waals surface area contributed by atoms with Gasteiger partial charge in [-0.25, -0.2) is 13.2 Å². The predicted molar refractivity (Wildman–Crippen MR) is 81.5 cm³/mol. The van der Waals surface area contributed by atoms with Crippen LogP contribution in [-0.4, -0.2) is 26.4 Å². The van der Waals surface area contributed by atoms with Crippen molar-refractivity contribution in [3.05, 3.63) is 53.6 Å². The van der Waals surface area contributed by atoms with E-state index < -0.39 is 12.2 Å². The number of anilines is 1. The van der Waals surface area contributed by atoms with Crippen LogP contribution in [0.15, 0.2) is 36.4 Å². The van der Waals surface area contributed by atoms with E-state index in [-0.39, 0.29) is 16.9 Å². The van der Waals surface area contributed by atoms with E-state index >= 15 is 0 Å². The van der Waals surface area contributed by atoms with Crippen LogP contribution in [0.4, 0.5) is 19.0 Å². The summed E-state index contributed by atoms with van der Waals surface area (Å²) in [5, 5.41) is 14.4. The van der Waals surface area contributed by atoms with Crippen molar-refractivity contribution in [2.45, 2.75) is 24.7 Å². The lowest BCUT2D eigenvalue weighted by atomic mass is 9.96. The molecule has 1 aromatic carbocycles. The van der Waals surface area contributed by atoms with Crippen LogP contribution in [0.3, 0.4) is 0 Å². The lowest BCUT2D eigenvalue weighted by molar-refractivity contribution is 0.137. The predicted octanol–water partition coefficient (Wildman–Crippen LogP) is 3.34. The number of alkyl halides is 2. The second kappa shape index (κ2) is 5.47. The Morgan fingerprint density at radius 2 is 2.00 bits per heavy atom. The fraction of sp³-hybridized carbons (Fsp3) is 0.312. The van der Waals surface area contributed by atoms with E-state index in [1.807, 2.05) is 6.07 Å². The normalized spacial score (nSPS) is 15.8. The van der Waals surface area contributed by atoms with Gasteiger partial charge in [-0.1, -0.05) is 12.1 Å². The Morgan fingerprint density at radius 3 is 2.71 bits per heavy atom. The third-order valence-electron chi connectivity index (χ3n) is 4.38. The summed E-state index contributed by atoms with van der Waals surface area (Å²) >= 11 is 0. The molecular weight excluding hydrogens is 319 g/mol. The highest BCUT2D eigenvalue weighted by Crippen LogP contribution is 2.48. The number of fused-ring (bicyclic) bond motifs is 1. The average molecular weight is 333 g/mol. The lowest BCUT2D eigenvalue weighted by Crippen LogP contribution is -2.20. The summed E-state index contributed by atoms with van der Waals surface area (Å²) in [6, 6.07) is 9.81. The summed E-state index contributed by atoms with van der Waals surface area (Å²) in [6.07, 6.45) is -0.855. The van der Waals surface area contributed by atoms with E-state index in [1.54, 1.807) is 24.3 Å². The molecule has 0 saturated heterocycles. The minimum absolute atomic E-state index is 0.128. The fourth-order valence-corrected chi connectivity index (χ4v) is 2.83. The van der Waals surface area contributed by atoms with Crippen molar-refractivity contribution in [3.8, 4) is 0 Å². The molecule has 24 heavy (non-hydrogen) atoms. The highest BCUT2D eigenvalue weighted by Gasteiger charge is 2.44. The van der Waals surface area contributed by atoms with Crippen molar-refractivity contribution >= 4 is 11.5 Å². The third-order valence-corrected chi connectivity index (χ3v) is 4.38. The maximum absolute atomic E-state index is 13.4. The van der Waals surface area contributed by atoms with Gasteiger partial charge < -0.3 is 5.32 Å². The molecule has 0 aliphatic heterocycles. The van der Waals surface area contributed by atoms with Crippen LogP contribution in [-0.2, 0) is 5.41 Å². The third kappa shape index (κ3) is 2.57. The molecule has 0 amide bonds. The van der Waals surface area contributed by atoms with Gasteiger partial charge in [0.05, 0.1) is 0 Å². The van der Waals surface area contributed by atoms with Crippen molar-refractivity contribution < 1.29 is 13.2 Å². The fourth-order valence-electron chi connectivity index (χ4n) is 2.83. The van der Waals surface area contributed by atoms with Crippen molar-refractivity contribution in [1.82, 2.24) is 19.8 Å². The maximum atomic E-state index is 13.4. The minimum atomic E-state index is -2.75. The Bertz CT molecular complexity index is 888. The van der Waals surface area contributed by atoms with E-state index in [0.29, 0.717) is 12.4 Å². The average Bonchev–Trinajstić information content (AvgIpc) is 3.24. The van der Waals surface area contributed by atoms with E-state index in [4.69, 9.17) is 0 Å². The largest absolute Gasteiger partial charge is 0.368 e. The first kappa shape index (κ1) is 14.9. The van der Waals surface area contributed by atoms with Crippen LogP contribution in [0.5, 0.6) is 0 Å². The van der Waals surface area contributed by atoms with Gasteiger partial charge in [-0.05, 0) is 42.7 Å². The van der Waals surface area contributed by atoms with Gasteiger partial charge in [-0.2, -0.15) is 4.52 Å². The molecule has 0 unspecified atom stereocenters. The van der Waals surface area contributed by atoms with Gasteiger partial charge in [0.25, 0.3) is 6.43 Å². The number of nitrogens with one attached hydrogen (secondary N) is 1. The summed E-state index contributed by atoms with van der Waals surface area (Å²) in [7, 11) is 0. The minimum Gasteiger partial charge on any atom is -0.368 e. The molecule has 1 fully saturated rings. The first-order valence-corrected chi connectivity index (χ1v) is 7.58. The Morgan fingerprint density at radius 1 is 1.17 bits per heavy atom. The molecule has 0 atom stereocenters. The van der Waals surface area contributed by atoms with E-state index in [1.165, 1.54) is 6.07 Å². The maximum Gasteiger partial charge on any atom is 0.299 e. The zero-order chi connectivity index (χ0) is 16.7. The molecule has 2 heterocycles. The van der Waals surface area contributed by atoms with Crippen LogP contribution in [0.1, 0.15) is 30.7 Å². The molecule has 0 bridgehead atoms. The van der Waals surface area contributed by atoms with Gasteiger partial charge in [0.1, 0.15) is 11.6 Å². The van der Waals surface area contributed by atoms with Crippen molar-refractivity contribution in [2.75, 3.05) is 11.9 Å². The molecule has 3 aromatic rings. The number of nitrogens with zero attached hydrogens (tertiary/aromatic N) is 4. The highest BCUT2D eigenvalue weighted by molar-refractivity contribution is 5.45. The molecule has 0 spiro atoms. The lowest BCUT2D eigenvalue weighted by Gasteiger charge is -2.17. The van der Waals surface area contributed by atoms with Gasteiger partial charge in [-0.3, -0.25) is 0 Å². The highest BCUT2D eigenvalue weighted by atomic mass is 19.3. The number of hydrogen-bond acceptors (Lipinski definition) is 4. The smallest absolute Gasteiger partial charge is 0.299 e. The first-order chi connectivity index (χ1) is 11.6. The zero-order valence-corrected chi connectivity index (χ0v) is 12.6. The number of benzene rings is 1. The molecule has 1 aliphatic carbocycles. The molecule has 8 heteroatoms. The van der Waals surface area contributed by atoms with E-state index in [2.05, 4.69) is 20.6 Å². The quantitative estimate of drug-likeness (QED) is 0.778. The Kier molecular flexibility index (Phi) is 3.40. The van der Waals surface area contributed by atoms with Gasteiger partial charge in [0, 0.05) is 12.0 Å². The molecule has 0 radical (unpaired) electrons. The SMILES string of the molecule is Fc1cccc(C2(CNc3ccc4nnc(C(F)F)n4n3)CC2)c1. The zero-order valence-electron chi connectivity index (χ0n) is 12.6. The molecule has 5 nitrogen and oxygen atoms in total. The van der Waals surface area contributed by atoms with Gasteiger partial charge in [0.2, 0.25) is 5.82 Å². The van der Waals surface area contributed by atoms with E-state index in [0.717, 1.165) is 22.9 Å². The van der Waals surface area contributed by atoms with Gasteiger partial charge in [0.15, 0.2) is 5.65 Å². The second-order valence-electron chi connectivity index (χ2n) is 5.99. The summed E-state index contributed by atoms with van der Waals surface area (Å²) in [6.45, 7) is 0.557. The van der Waals surface area contributed by atoms with Crippen LogP contribution in [0, 0.1) is 5.82 Å². The Balaban J connectivity index is 1.56. The van der Waals surface area contributed by atoms with Crippen LogP contribution < -0.4 is 5.32 Å². The molecule has 124 valence electrons. The number of halogens is 3. The van der Waals surface area contributed by atoms with Crippen molar-refractivity contribution in [1.29, 1.82) is 0 Å². The Hall–Kier alpha value is -2.64. The number of rotatable bonds is 5. The van der Waals surface area contributed by atoms with Crippen LogP contribution >= 0.6 is 0 Å². The molecule has 4 rings (SSSR count). The summed E-state index contributed by atoms with van der Waals surface area (Å²) < 4.78 is 40.2. The summed E-state index contributed by atoms with van der Waals surface area (Å²) in [5.74, 6) is -0.295.